The van der Waals surface area contributed by atoms with Gasteiger partial charge in [0.2, 0.25) is 0 Å². The first kappa shape index (κ1) is 20.3. The SMILES string of the molecule is C#Cc1ccc(Cc2cc([C@@H]3O[C@H](CO)[C@@H](O)[C@H](O)[C@H]3O)ccc2OC)cc1. The van der Waals surface area contributed by atoms with Gasteiger partial charge in [0, 0.05) is 12.0 Å². The molecule has 6 heteroatoms. The van der Waals surface area contributed by atoms with Gasteiger partial charge in [-0.1, -0.05) is 24.1 Å². The molecule has 1 aliphatic rings. The summed E-state index contributed by atoms with van der Waals surface area (Å²) in [5, 5.41) is 39.8. The molecule has 2 aromatic rings. The summed E-state index contributed by atoms with van der Waals surface area (Å²) >= 11 is 0. The van der Waals surface area contributed by atoms with E-state index in [-0.39, 0.29) is 0 Å². The summed E-state index contributed by atoms with van der Waals surface area (Å²) in [5.41, 5.74) is 3.31. The molecule has 6 nitrogen and oxygen atoms in total. The number of aliphatic hydroxyl groups is 4. The molecule has 0 bridgehead atoms. The van der Waals surface area contributed by atoms with E-state index < -0.39 is 37.1 Å². The van der Waals surface area contributed by atoms with Crippen molar-refractivity contribution in [3.8, 4) is 18.1 Å². The molecule has 28 heavy (non-hydrogen) atoms. The first-order valence-corrected chi connectivity index (χ1v) is 9.01. The lowest BCUT2D eigenvalue weighted by Gasteiger charge is -2.40. The Morgan fingerprint density at radius 2 is 1.75 bits per heavy atom. The van der Waals surface area contributed by atoms with Crippen LogP contribution in [0.2, 0.25) is 0 Å². The van der Waals surface area contributed by atoms with Crippen LogP contribution in [0.15, 0.2) is 42.5 Å². The van der Waals surface area contributed by atoms with E-state index in [4.69, 9.17) is 15.9 Å². The Labute approximate surface area is 164 Å². The molecule has 1 saturated heterocycles. The zero-order chi connectivity index (χ0) is 20.3. The molecular weight excluding hydrogens is 360 g/mol. The number of methoxy groups -OCH3 is 1. The topological polar surface area (TPSA) is 99.4 Å². The molecule has 0 amide bonds. The normalized spacial score (nSPS) is 27.2. The maximum atomic E-state index is 10.4. The van der Waals surface area contributed by atoms with Gasteiger partial charge in [-0.2, -0.15) is 0 Å². The van der Waals surface area contributed by atoms with Gasteiger partial charge in [-0.15, -0.1) is 6.42 Å². The predicted octanol–water partition coefficient (Wildman–Crippen LogP) is 0.782. The quantitative estimate of drug-likeness (QED) is 0.569. The third-order valence-corrected chi connectivity index (χ3v) is 5.04. The molecule has 1 fully saturated rings. The van der Waals surface area contributed by atoms with E-state index in [9.17, 15) is 20.4 Å². The second-order valence-corrected chi connectivity index (χ2v) is 6.84. The van der Waals surface area contributed by atoms with Crippen LogP contribution in [0.25, 0.3) is 0 Å². The van der Waals surface area contributed by atoms with Crippen LogP contribution in [0.3, 0.4) is 0 Å². The third kappa shape index (κ3) is 4.04. The average molecular weight is 384 g/mol. The fourth-order valence-electron chi connectivity index (χ4n) is 3.43. The van der Waals surface area contributed by atoms with Crippen molar-refractivity contribution in [1.82, 2.24) is 0 Å². The molecule has 0 unspecified atom stereocenters. The standard InChI is InChI=1S/C22H24O6/c1-3-13-4-6-14(7-5-13)10-16-11-15(8-9-17(16)27-2)22-21(26)20(25)19(24)18(12-23)28-22/h1,4-9,11,18-26H,10,12H2,2H3/t18-,19-,20+,21-,22+/m1/s1. The van der Waals surface area contributed by atoms with Gasteiger partial charge in [0.1, 0.15) is 36.3 Å². The van der Waals surface area contributed by atoms with Gasteiger partial charge < -0.3 is 29.9 Å². The van der Waals surface area contributed by atoms with Crippen LogP contribution in [0, 0.1) is 12.3 Å². The Hall–Kier alpha value is -2.40. The highest BCUT2D eigenvalue weighted by Gasteiger charge is 2.44. The second kappa shape index (κ2) is 8.74. The molecule has 2 aromatic carbocycles. The average Bonchev–Trinajstić information content (AvgIpc) is 2.73. The Morgan fingerprint density at radius 1 is 1.04 bits per heavy atom. The lowest BCUT2D eigenvalue weighted by Crippen LogP contribution is -2.55. The highest BCUT2D eigenvalue weighted by molar-refractivity contribution is 5.43. The fraction of sp³-hybridized carbons (Fsp3) is 0.364. The van der Waals surface area contributed by atoms with Crippen LogP contribution in [-0.2, 0) is 11.2 Å². The van der Waals surface area contributed by atoms with Crippen LogP contribution in [0.4, 0.5) is 0 Å². The van der Waals surface area contributed by atoms with E-state index in [1.54, 1.807) is 19.2 Å². The zero-order valence-electron chi connectivity index (χ0n) is 15.5. The number of hydrogen-bond donors (Lipinski definition) is 4. The summed E-state index contributed by atoms with van der Waals surface area (Å²) in [6, 6.07) is 12.9. The monoisotopic (exact) mass is 384 g/mol. The number of benzene rings is 2. The fourth-order valence-corrected chi connectivity index (χ4v) is 3.43. The molecule has 0 aliphatic carbocycles. The van der Waals surface area contributed by atoms with Gasteiger partial charge in [-0.3, -0.25) is 0 Å². The van der Waals surface area contributed by atoms with E-state index in [0.29, 0.717) is 17.7 Å². The Morgan fingerprint density at radius 3 is 2.36 bits per heavy atom. The first-order chi connectivity index (χ1) is 13.5. The van der Waals surface area contributed by atoms with Crippen molar-refractivity contribution in [2.45, 2.75) is 36.9 Å². The van der Waals surface area contributed by atoms with Crippen LogP contribution in [0.1, 0.15) is 28.4 Å². The minimum atomic E-state index is -1.42. The van der Waals surface area contributed by atoms with E-state index >= 15 is 0 Å². The largest absolute Gasteiger partial charge is 0.496 e. The van der Waals surface area contributed by atoms with Crippen molar-refractivity contribution in [3.05, 3.63) is 64.7 Å². The molecule has 5 atom stereocenters. The summed E-state index contributed by atoms with van der Waals surface area (Å²) in [4.78, 5) is 0. The number of ether oxygens (including phenoxy) is 2. The summed E-state index contributed by atoms with van der Waals surface area (Å²) in [6.07, 6.45) is -0.00562. The molecule has 3 rings (SSSR count). The van der Waals surface area contributed by atoms with Crippen LogP contribution >= 0.6 is 0 Å². The van der Waals surface area contributed by atoms with E-state index in [0.717, 1.165) is 16.7 Å². The smallest absolute Gasteiger partial charge is 0.122 e. The molecule has 0 saturated carbocycles. The van der Waals surface area contributed by atoms with Crippen molar-refractivity contribution < 1.29 is 29.9 Å². The van der Waals surface area contributed by atoms with Gasteiger partial charge in [0.15, 0.2) is 0 Å². The highest BCUT2D eigenvalue weighted by Crippen LogP contribution is 2.35. The number of terminal acetylenes is 1. The number of aliphatic hydroxyl groups excluding tert-OH is 4. The molecule has 1 aliphatic heterocycles. The molecule has 0 aromatic heterocycles. The lowest BCUT2D eigenvalue weighted by atomic mass is 9.90. The minimum absolute atomic E-state index is 0.466. The van der Waals surface area contributed by atoms with Crippen molar-refractivity contribution in [2.75, 3.05) is 13.7 Å². The van der Waals surface area contributed by atoms with Gasteiger partial charge in [-0.25, -0.2) is 0 Å². The van der Waals surface area contributed by atoms with Gasteiger partial charge in [-0.05, 0) is 41.0 Å². The highest BCUT2D eigenvalue weighted by atomic mass is 16.5. The third-order valence-electron chi connectivity index (χ3n) is 5.04. The predicted molar refractivity (Wildman–Crippen MR) is 103 cm³/mol. The Bertz CT molecular complexity index is 839. The van der Waals surface area contributed by atoms with Crippen molar-refractivity contribution >= 4 is 0 Å². The van der Waals surface area contributed by atoms with E-state index in [1.165, 1.54) is 0 Å². The van der Waals surface area contributed by atoms with Crippen LogP contribution < -0.4 is 4.74 Å². The maximum Gasteiger partial charge on any atom is 0.122 e. The first-order valence-electron chi connectivity index (χ1n) is 9.01. The maximum absolute atomic E-state index is 10.4. The van der Waals surface area contributed by atoms with Crippen molar-refractivity contribution in [3.63, 3.8) is 0 Å². The zero-order valence-corrected chi connectivity index (χ0v) is 15.5. The molecule has 0 radical (unpaired) electrons. The Balaban J connectivity index is 1.90. The Kier molecular flexibility index (Phi) is 6.35. The molecule has 148 valence electrons. The van der Waals surface area contributed by atoms with Gasteiger partial charge in [0.05, 0.1) is 13.7 Å². The van der Waals surface area contributed by atoms with Crippen LogP contribution in [0.5, 0.6) is 5.75 Å². The second-order valence-electron chi connectivity index (χ2n) is 6.84. The summed E-state index contributed by atoms with van der Waals surface area (Å²) in [6.45, 7) is -0.466. The van der Waals surface area contributed by atoms with Crippen molar-refractivity contribution in [1.29, 1.82) is 0 Å². The summed E-state index contributed by atoms with van der Waals surface area (Å²) in [5.74, 6) is 3.26. The van der Waals surface area contributed by atoms with Crippen molar-refractivity contribution in [2.24, 2.45) is 0 Å². The molecule has 0 spiro atoms. The molecular formula is C22H24O6. The van der Waals surface area contributed by atoms with Gasteiger partial charge >= 0.3 is 0 Å². The summed E-state index contributed by atoms with van der Waals surface area (Å²) < 4.78 is 11.1. The number of rotatable bonds is 5. The minimum Gasteiger partial charge on any atom is -0.496 e. The van der Waals surface area contributed by atoms with Crippen LogP contribution in [-0.4, -0.2) is 58.6 Å². The van der Waals surface area contributed by atoms with E-state index in [1.807, 2.05) is 30.3 Å². The van der Waals surface area contributed by atoms with Gasteiger partial charge in [0.25, 0.3) is 0 Å². The lowest BCUT2D eigenvalue weighted by molar-refractivity contribution is -0.231. The van der Waals surface area contributed by atoms with E-state index in [2.05, 4.69) is 5.92 Å². The summed E-state index contributed by atoms with van der Waals surface area (Å²) in [7, 11) is 1.58. The molecule has 1 heterocycles. The molecule has 4 N–H and O–H groups in total. The number of hydrogen-bond acceptors (Lipinski definition) is 6.